The summed E-state index contributed by atoms with van der Waals surface area (Å²) in [5, 5.41) is 0. The van der Waals surface area contributed by atoms with Crippen LogP contribution < -0.4 is 0 Å². The number of carbonyl (C=O) groups is 1. The number of hydrogen-bond donors (Lipinski definition) is 0. The molecule has 0 aromatic heterocycles. The summed E-state index contributed by atoms with van der Waals surface area (Å²) in [5.41, 5.74) is 0. The van der Waals surface area contributed by atoms with Gasteiger partial charge in [0.05, 0.1) is 13.2 Å². The van der Waals surface area contributed by atoms with Crippen molar-refractivity contribution >= 4 is 6.16 Å². The van der Waals surface area contributed by atoms with Gasteiger partial charge < -0.3 is 9.47 Å². The van der Waals surface area contributed by atoms with Crippen LogP contribution >= 0.6 is 0 Å². The molecular weight excluding hydrogens is 396 g/mol. The van der Waals surface area contributed by atoms with Gasteiger partial charge in [-0.05, 0) is 38.5 Å². The van der Waals surface area contributed by atoms with E-state index in [1.54, 1.807) is 0 Å². The Morgan fingerprint density at radius 3 is 1.19 bits per heavy atom. The zero-order valence-corrected chi connectivity index (χ0v) is 21.9. The van der Waals surface area contributed by atoms with Crippen LogP contribution in [0.25, 0.3) is 0 Å². The molecule has 0 aliphatic heterocycles. The molecule has 0 unspecified atom stereocenters. The zero-order valence-electron chi connectivity index (χ0n) is 21.9. The van der Waals surface area contributed by atoms with E-state index in [1.165, 1.54) is 116 Å². The number of hydrogen-bond acceptors (Lipinski definition) is 3. The average Bonchev–Trinajstić information content (AvgIpc) is 2.80. The van der Waals surface area contributed by atoms with Crippen molar-refractivity contribution in [2.75, 3.05) is 13.2 Å². The van der Waals surface area contributed by atoms with Crippen LogP contribution in [-0.2, 0) is 9.47 Å². The second kappa shape index (κ2) is 28.0. The van der Waals surface area contributed by atoms with E-state index in [-0.39, 0.29) is 0 Å². The van der Waals surface area contributed by atoms with Crippen molar-refractivity contribution in [3.05, 3.63) is 12.2 Å². The molecule has 0 amide bonds. The lowest BCUT2D eigenvalue weighted by Gasteiger charge is -2.06. The summed E-state index contributed by atoms with van der Waals surface area (Å²) in [6.45, 7) is 5.52. The van der Waals surface area contributed by atoms with E-state index in [1.807, 2.05) is 0 Å². The second-order valence-corrected chi connectivity index (χ2v) is 9.36. The van der Waals surface area contributed by atoms with E-state index in [2.05, 4.69) is 26.0 Å². The van der Waals surface area contributed by atoms with Crippen molar-refractivity contribution in [3.8, 4) is 0 Å². The maximum absolute atomic E-state index is 11.6. The average molecular weight is 453 g/mol. The van der Waals surface area contributed by atoms with E-state index >= 15 is 0 Å². The Morgan fingerprint density at radius 2 is 0.781 bits per heavy atom. The van der Waals surface area contributed by atoms with Gasteiger partial charge in [-0.1, -0.05) is 129 Å². The van der Waals surface area contributed by atoms with Crippen LogP contribution in [0.3, 0.4) is 0 Å². The molecule has 0 spiro atoms. The predicted molar refractivity (Wildman–Crippen MR) is 139 cm³/mol. The predicted octanol–water partition coefficient (Wildman–Crippen LogP) is 10.3. The van der Waals surface area contributed by atoms with Gasteiger partial charge in [0.25, 0.3) is 0 Å². The molecule has 3 nitrogen and oxygen atoms in total. The Kier molecular flexibility index (Phi) is 27.2. The summed E-state index contributed by atoms with van der Waals surface area (Å²) in [6, 6.07) is 0. The maximum Gasteiger partial charge on any atom is 0.508 e. The van der Waals surface area contributed by atoms with Crippen LogP contribution in [0.5, 0.6) is 0 Å². The summed E-state index contributed by atoms with van der Waals surface area (Å²) < 4.78 is 10.3. The Balaban J connectivity index is 3.18. The molecule has 0 aromatic rings. The van der Waals surface area contributed by atoms with Gasteiger partial charge in [-0.25, -0.2) is 4.79 Å². The molecule has 0 radical (unpaired) electrons. The highest BCUT2D eigenvalue weighted by Crippen LogP contribution is 2.11. The third-order valence-corrected chi connectivity index (χ3v) is 6.09. The first-order valence-corrected chi connectivity index (χ1v) is 14.3. The molecule has 190 valence electrons. The van der Waals surface area contributed by atoms with Gasteiger partial charge in [-0.15, -0.1) is 0 Å². The SMILES string of the molecule is CCCCCC/C=C\CCCCCCCCOC(=O)OCCCCCCCCCCCC. The minimum Gasteiger partial charge on any atom is -0.434 e. The summed E-state index contributed by atoms with van der Waals surface area (Å²) in [7, 11) is 0. The minimum absolute atomic E-state index is 0.484. The standard InChI is InChI=1S/C29H56O3/c1-3-5-7-9-11-13-15-16-17-18-20-22-24-26-28-32-29(30)31-27-25-23-21-19-14-12-10-8-6-4-2/h13,15H,3-12,14,16-28H2,1-2H3/b15-13-. The van der Waals surface area contributed by atoms with E-state index in [0.29, 0.717) is 13.2 Å². The molecule has 0 rings (SSSR count). The monoisotopic (exact) mass is 452 g/mol. The highest BCUT2D eigenvalue weighted by Gasteiger charge is 2.03. The first-order chi connectivity index (χ1) is 15.8. The summed E-state index contributed by atoms with van der Waals surface area (Å²) in [6.07, 6.45) is 32.2. The van der Waals surface area contributed by atoms with E-state index in [0.717, 1.165) is 25.7 Å². The van der Waals surface area contributed by atoms with Gasteiger partial charge in [-0.2, -0.15) is 0 Å². The van der Waals surface area contributed by atoms with Crippen molar-refractivity contribution in [1.29, 1.82) is 0 Å². The molecule has 0 aromatic carbocycles. The van der Waals surface area contributed by atoms with Gasteiger partial charge in [-0.3, -0.25) is 0 Å². The summed E-state index contributed by atoms with van der Waals surface area (Å²) in [4.78, 5) is 11.6. The van der Waals surface area contributed by atoms with Gasteiger partial charge in [0, 0.05) is 0 Å². The largest absolute Gasteiger partial charge is 0.508 e. The smallest absolute Gasteiger partial charge is 0.434 e. The van der Waals surface area contributed by atoms with E-state index < -0.39 is 6.16 Å². The Bertz CT molecular complexity index is 392. The summed E-state index contributed by atoms with van der Waals surface area (Å²) in [5.74, 6) is 0. The normalized spacial score (nSPS) is 11.3. The fraction of sp³-hybridized carbons (Fsp3) is 0.897. The Labute approximate surface area is 201 Å². The number of carbonyl (C=O) groups excluding carboxylic acids is 1. The van der Waals surface area contributed by atoms with Gasteiger partial charge >= 0.3 is 6.16 Å². The van der Waals surface area contributed by atoms with Crippen molar-refractivity contribution < 1.29 is 14.3 Å². The molecule has 0 atom stereocenters. The molecule has 0 heterocycles. The first kappa shape index (κ1) is 31.0. The lowest BCUT2D eigenvalue weighted by Crippen LogP contribution is -2.09. The molecular formula is C29H56O3. The second-order valence-electron chi connectivity index (χ2n) is 9.36. The molecule has 0 aliphatic carbocycles. The molecule has 3 heteroatoms. The van der Waals surface area contributed by atoms with Crippen molar-refractivity contribution in [2.45, 2.75) is 155 Å². The molecule has 0 saturated carbocycles. The quantitative estimate of drug-likeness (QED) is 0.0784. The lowest BCUT2D eigenvalue weighted by molar-refractivity contribution is 0.0529. The van der Waals surface area contributed by atoms with E-state index in [9.17, 15) is 4.79 Å². The van der Waals surface area contributed by atoms with Crippen LogP contribution in [0.4, 0.5) is 4.79 Å². The van der Waals surface area contributed by atoms with Crippen LogP contribution in [0, 0.1) is 0 Å². The zero-order chi connectivity index (χ0) is 23.4. The lowest BCUT2D eigenvalue weighted by atomic mass is 10.1. The van der Waals surface area contributed by atoms with Crippen LogP contribution in [0.15, 0.2) is 12.2 Å². The third-order valence-electron chi connectivity index (χ3n) is 6.09. The Hall–Kier alpha value is -0.990. The number of ether oxygens (including phenoxy) is 2. The molecule has 0 fully saturated rings. The van der Waals surface area contributed by atoms with Gasteiger partial charge in [0.2, 0.25) is 0 Å². The highest BCUT2D eigenvalue weighted by atomic mass is 16.7. The third kappa shape index (κ3) is 27.0. The first-order valence-electron chi connectivity index (χ1n) is 14.3. The number of unbranched alkanes of at least 4 members (excludes halogenated alkanes) is 19. The van der Waals surface area contributed by atoms with Gasteiger partial charge in [0.15, 0.2) is 0 Å². The fourth-order valence-corrected chi connectivity index (χ4v) is 3.94. The van der Waals surface area contributed by atoms with E-state index in [4.69, 9.17) is 9.47 Å². The molecule has 0 N–H and O–H groups in total. The van der Waals surface area contributed by atoms with Gasteiger partial charge in [0.1, 0.15) is 0 Å². The van der Waals surface area contributed by atoms with Crippen LogP contribution in [0.1, 0.15) is 155 Å². The number of allylic oxidation sites excluding steroid dienone is 2. The molecule has 0 aliphatic rings. The van der Waals surface area contributed by atoms with Crippen LogP contribution in [0.2, 0.25) is 0 Å². The maximum atomic E-state index is 11.6. The van der Waals surface area contributed by atoms with Crippen molar-refractivity contribution in [2.24, 2.45) is 0 Å². The molecule has 32 heavy (non-hydrogen) atoms. The summed E-state index contributed by atoms with van der Waals surface area (Å²) >= 11 is 0. The molecule has 0 bridgehead atoms. The highest BCUT2D eigenvalue weighted by molar-refractivity contribution is 5.59. The number of rotatable bonds is 25. The van der Waals surface area contributed by atoms with Crippen LogP contribution in [-0.4, -0.2) is 19.4 Å². The van der Waals surface area contributed by atoms with Crippen molar-refractivity contribution in [3.63, 3.8) is 0 Å². The van der Waals surface area contributed by atoms with Crippen molar-refractivity contribution in [1.82, 2.24) is 0 Å². The topological polar surface area (TPSA) is 35.5 Å². The fourth-order valence-electron chi connectivity index (χ4n) is 3.94. The Morgan fingerprint density at radius 1 is 0.469 bits per heavy atom. The molecule has 0 saturated heterocycles. The minimum atomic E-state index is -0.484.